The number of benzene rings is 1. The summed E-state index contributed by atoms with van der Waals surface area (Å²) in [5.74, 6) is 0.700. The summed E-state index contributed by atoms with van der Waals surface area (Å²) in [5, 5.41) is 0. The second-order valence-corrected chi connectivity index (χ2v) is 3.34. The van der Waals surface area contributed by atoms with Crippen LogP contribution in [0.2, 0.25) is 0 Å². The fourth-order valence-corrected chi connectivity index (χ4v) is 1.40. The number of rotatable bonds is 3. The molecule has 0 fully saturated rings. The summed E-state index contributed by atoms with van der Waals surface area (Å²) in [6.45, 7) is 0.168. The van der Waals surface area contributed by atoms with E-state index in [4.69, 9.17) is 9.47 Å². The van der Waals surface area contributed by atoms with Crippen molar-refractivity contribution < 1.29 is 14.3 Å². The third-order valence-electron chi connectivity index (χ3n) is 2.26. The third-order valence-corrected chi connectivity index (χ3v) is 2.26. The van der Waals surface area contributed by atoms with Gasteiger partial charge in [0, 0.05) is 18.0 Å². The summed E-state index contributed by atoms with van der Waals surface area (Å²) in [7, 11) is 1.58. The van der Waals surface area contributed by atoms with Gasteiger partial charge < -0.3 is 9.47 Å². The molecular formula is C12H12N2O3. The standard InChI is InChI=1S/C12H12N2O3/c1-16-11-5-3-2-4-10(11)8-17-12(15)14-7-6-13-9-14/h2-7,9H,8H2,1H3. The van der Waals surface area contributed by atoms with Gasteiger partial charge in [0.2, 0.25) is 0 Å². The van der Waals surface area contributed by atoms with Crippen molar-refractivity contribution in [2.24, 2.45) is 0 Å². The molecule has 2 aromatic rings. The van der Waals surface area contributed by atoms with Crippen LogP contribution in [0.1, 0.15) is 5.56 Å². The number of methoxy groups -OCH3 is 1. The van der Waals surface area contributed by atoms with Gasteiger partial charge in [-0.05, 0) is 6.07 Å². The molecule has 0 aliphatic heterocycles. The van der Waals surface area contributed by atoms with Crippen LogP contribution in [0.3, 0.4) is 0 Å². The predicted molar refractivity (Wildman–Crippen MR) is 60.8 cm³/mol. The fourth-order valence-electron chi connectivity index (χ4n) is 1.40. The zero-order valence-corrected chi connectivity index (χ0v) is 9.37. The van der Waals surface area contributed by atoms with E-state index in [0.29, 0.717) is 5.75 Å². The Kier molecular flexibility index (Phi) is 3.40. The predicted octanol–water partition coefficient (Wildman–Crippen LogP) is 2.08. The van der Waals surface area contributed by atoms with Crippen LogP contribution in [0.4, 0.5) is 4.79 Å². The first-order valence-electron chi connectivity index (χ1n) is 5.08. The lowest BCUT2D eigenvalue weighted by molar-refractivity contribution is 0.140. The van der Waals surface area contributed by atoms with Crippen molar-refractivity contribution in [3.63, 3.8) is 0 Å². The molecule has 1 heterocycles. The van der Waals surface area contributed by atoms with Gasteiger partial charge in [0.1, 0.15) is 18.7 Å². The number of hydrogen-bond donors (Lipinski definition) is 0. The van der Waals surface area contributed by atoms with Gasteiger partial charge >= 0.3 is 6.09 Å². The molecule has 0 spiro atoms. The molecule has 1 aromatic carbocycles. The zero-order chi connectivity index (χ0) is 12.1. The highest BCUT2D eigenvalue weighted by molar-refractivity contribution is 5.70. The largest absolute Gasteiger partial charge is 0.496 e. The Bertz CT molecular complexity index is 494. The molecule has 0 saturated carbocycles. The lowest BCUT2D eigenvalue weighted by atomic mass is 10.2. The Labute approximate surface area is 98.6 Å². The van der Waals surface area contributed by atoms with Crippen molar-refractivity contribution in [2.45, 2.75) is 6.61 Å². The second-order valence-electron chi connectivity index (χ2n) is 3.34. The molecule has 0 aliphatic carbocycles. The van der Waals surface area contributed by atoms with Crippen molar-refractivity contribution in [3.05, 3.63) is 48.5 Å². The second kappa shape index (κ2) is 5.16. The molecule has 0 N–H and O–H groups in total. The van der Waals surface area contributed by atoms with Crippen LogP contribution in [0, 0.1) is 0 Å². The van der Waals surface area contributed by atoms with Crippen LogP contribution in [-0.4, -0.2) is 22.8 Å². The molecule has 0 saturated heterocycles. The van der Waals surface area contributed by atoms with Gasteiger partial charge in [-0.15, -0.1) is 0 Å². The number of carbonyl (C=O) groups excluding carboxylic acids is 1. The number of hydrogen-bond acceptors (Lipinski definition) is 4. The van der Waals surface area contributed by atoms with Crippen LogP contribution >= 0.6 is 0 Å². The van der Waals surface area contributed by atoms with Crippen molar-refractivity contribution in [1.82, 2.24) is 9.55 Å². The third kappa shape index (κ3) is 2.63. The Morgan fingerprint density at radius 3 is 2.94 bits per heavy atom. The van der Waals surface area contributed by atoms with E-state index < -0.39 is 6.09 Å². The van der Waals surface area contributed by atoms with E-state index in [1.54, 1.807) is 7.11 Å². The molecule has 5 nitrogen and oxygen atoms in total. The van der Waals surface area contributed by atoms with E-state index >= 15 is 0 Å². The lowest BCUT2D eigenvalue weighted by Gasteiger charge is -2.08. The van der Waals surface area contributed by atoms with Gasteiger partial charge in [0.25, 0.3) is 0 Å². The van der Waals surface area contributed by atoms with Crippen LogP contribution < -0.4 is 4.74 Å². The maximum atomic E-state index is 11.5. The maximum Gasteiger partial charge on any atom is 0.419 e. The summed E-state index contributed by atoms with van der Waals surface area (Å²) >= 11 is 0. The first-order valence-corrected chi connectivity index (χ1v) is 5.08. The normalized spacial score (nSPS) is 9.94. The van der Waals surface area contributed by atoms with Gasteiger partial charge in [0.15, 0.2) is 0 Å². The van der Waals surface area contributed by atoms with Gasteiger partial charge in [0.05, 0.1) is 7.11 Å². The number of nitrogens with zero attached hydrogens (tertiary/aromatic N) is 2. The van der Waals surface area contributed by atoms with Crippen molar-refractivity contribution in [2.75, 3.05) is 7.11 Å². The lowest BCUT2D eigenvalue weighted by Crippen LogP contribution is -2.11. The highest BCUT2D eigenvalue weighted by atomic mass is 16.5. The summed E-state index contributed by atoms with van der Waals surface area (Å²) < 4.78 is 11.6. The SMILES string of the molecule is COc1ccccc1COC(=O)n1ccnc1. The molecule has 0 aliphatic rings. The molecule has 0 radical (unpaired) electrons. The molecule has 88 valence electrons. The molecular weight excluding hydrogens is 220 g/mol. The van der Waals surface area contributed by atoms with E-state index in [0.717, 1.165) is 5.56 Å². The van der Waals surface area contributed by atoms with Crippen molar-refractivity contribution in [3.8, 4) is 5.75 Å². The number of para-hydroxylation sites is 1. The van der Waals surface area contributed by atoms with Crippen LogP contribution in [0.15, 0.2) is 43.0 Å². The zero-order valence-electron chi connectivity index (χ0n) is 9.37. The minimum absolute atomic E-state index is 0.168. The summed E-state index contributed by atoms with van der Waals surface area (Å²) in [6.07, 6.45) is 3.98. The Balaban J connectivity index is 2.00. The Morgan fingerprint density at radius 1 is 1.41 bits per heavy atom. The molecule has 0 bridgehead atoms. The van der Waals surface area contributed by atoms with Crippen LogP contribution in [-0.2, 0) is 11.3 Å². The van der Waals surface area contributed by atoms with E-state index in [-0.39, 0.29) is 6.61 Å². The Morgan fingerprint density at radius 2 is 2.24 bits per heavy atom. The van der Waals surface area contributed by atoms with Gasteiger partial charge in [-0.3, -0.25) is 0 Å². The summed E-state index contributed by atoms with van der Waals surface area (Å²) in [6, 6.07) is 7.39. The van der Waals surface area contributed by atoms with Crippen LogP contribution in [0.25, 0.3) is 0 Å². The van der Waals surface area contributed by atoms with Crippen molar-refractivity contribution in [1.29, 1.82) is 0 Å². The number of imidazole rings is 1. The Hall–Kier alpha value is -2.30. The molecule has 1 aromatic heterocycles. The number of carbonyl (C=O) groups is 1. The monoisotopic (exact) mass is 232 g/mol. The van der Waals surface area contributed by atoms with E-state index in [2.05, 4.69) is 4.98 Å². The van der Waals surface area contributed by atoms with E-state index in [1.165, 1.54) is 23.3 Å². The average Bonchev–Trinajstić information content (AvgIpc) is 2.90. The van der Waals surface area contributed by atoms with Gasteiger partial charge in [-0.2, -0.15) is 0 Å². The van der Waals surface area contributed by atoms with E-state index in [9.17, 15) is 4.79 Å². The highest BCUT2D eigenvalue weighted by Crippen LogP contribution is 2.18. The quantitative estimate of drug-likeness (QED) is 0.813. The van der Waals surface area contributed by atoms with E-state index in [1.807, 2.05) is 24.3 Å². The van der Waals surface area contributed by atoms with Crippen LogP contribution in [0.5, 0.6) is 5.75 Å². The summed E-state index contributed by atoms with van der Waals surface area (Å²) in [5.41, 5.74) is 0.823. The maximum absolute atomic E-state index is 11.5. The minimum Gasteiger partial charge on any atom is -0.496 e. The van der Waals surface area contributed by atoms with Gasteiger partial charge in [-0.25, -0.2) is 14.3 Å². The molecule has 2 rings (SSSR count). The molecule has 0 atom stereocenters. The minimum atomic E-state index is -0.464. The van der Waals surface area contributed by atoms with Gasteiger partial charge in [-0.1, -0.05) is 18.2 Å². The average molecular weight is 232 g/mol. The molecule has 0 unspecified atom stereocenters. The van der Waals surface area contributed by atoms with Crippen molar-refractivity contribution >= 4 is 6.09 Å². The highest BCUT2D eigenvalue weighted by Gasteiger charge is 2.07. The molecule has 17 heavy (non-hydrogen) atoms. The number of aromatic nitrogens is 2. The fraction of sp³-hybridized carbons (Fsp3) is 0.167. The summed E-state index contributed by atoms with van der Waals surface area (Å²) in [4.78, 5) is 15.3. The smallest absolute Gasteiger partial charge is 0.419 e. The molecule has 5 heteroatoms. The first-order chi connectivity index (χ1) is 8.31. The number of ether oxygens (including phenoxy) is 2. The first kappa shape index (κ1) is 11.2. The molecule has 0 amide bonds. The topological polar surface area (TPSA) is 53.4 Å².